The van der Waals surface area contributed by atoms with Crippen LogP contribution in [0, 0.1) is 13.8 Å². The molecule has 0 aliphatic carbocycles. The molecule has 4 aromatic rings. The minimum absolute atomic E-state index is 0.101. The first-order valence-electron chi connectivity index (χ1n) is 10.3. The number of nitrogens with one attached hydrogen (secondary N) is 3. The molecule has 0 aliphatic rings. The molecule has 0 saturated carbocycles. The number of amides is 1. The van der Waals surface area contributed by atoms with E-state index in [1.54, 1.807) is 17.5 Å². The highest BCUT2D eigenvalue weighted by Gasteiger charge is 2.07. The monoisotopic (exact) mass is 444 g/mol. The fourth-order valence-electron chi connectivity index (χ4n) is 3.16. The average Bonchev–Trinajstić information content (AvgIpc) is 3.31. The van der Waals surface area contributed by atoms with Gasteiger partial charge in [-0.2, -0.15) is 0 Å². The van der Waals surface area contributed by atoms with Gasteiger partial charge in [-0.1, -0.05) is 18.2 Å². The Balaban J connectivity index is 1.28. The number of carbonyl (C=O) groups excluding carboxylic acids is 1. The third kappa shape index (κ3) is 5.67. The number of carbonyl (C=O) groups is 1. The SMILES string of the molecule is Cc1ccnc(Nc2cc(NCCNC(=O)c3ccc(-c4cccs4)cc3)nc(C)n2)c1. The van der Waals surface area contributed by atoms with E-state index >= 15 is 0 Å². The van der Waals surface area contributed by atoms with E-state index in [1.165, 1.54) is 4.88 Å². The standard InChI is InChI=1S/C24H24N6OS/c1-16-9-10-25-21(14-16)30-23-15-22(28-17(2)29-23)26-11-12-27-24(31)19-7-5-18(6-8-19)20-4-3-13-32-20/h3-10,13-15H,11-12H2,1-2H3,(H,27,31)(H2,25,26,28,29,30). The number of anilines is 3. The van der Waals surface area contributed by atoms with E-state index < -0.39 is 0 Å². The Labute approximate surface area is 191 Å². The van der Waals surface area contributed by atoms with E-state index in [9.17, 15) is 4.79 Å². The molecule has 0 fully saturated rings. The summed E-state index contributed by atoms with van der Waals surface area (Å²) in [6.07, 6.45) is 1.75. The molecular formula is C24H24N6OS. The minimum Gasteiger partial charge on any atom is -0.368 e. The lowest BCUT2D eigenvalue weighted by Gasteiger charge is -2.11. The van der Waals surface area contributed by atoms with Gasteiger partial charge < -0.3 is 16.0 Å². The predicted molar refractivity (Wildman–Crippen MR) is 130 cm³/mol. The molecule has 1 aromatic carbocycles. The first kappa shape index (κ1) is 21.5. The summed E-state index contributed by atoms with van der Waals surface area (Å²) in [4.78, 5) is 26.7. The van der Waals surface area contributed by atoms with Gasteiger partial charge in [-0.25, -0.2) is 15.0 Å². The largest absolute Gasteiger partial charge is 0.368 e. The van der Waals surface area contributed by atoms with Crippen molar-refractivity contribution in [1.82, 2.24) is 20.3 Å². The Morgan fingerprint density at radius 3 is 2.50 bits per heavy atom. The van der Waals surface area contributed by atoms with Crippen LogP contribution in [-0.4, -0.2) is 33.9 Å². The number of pyridine rings is 1. The summed E-state index contributed by atoms with van der Waals surface area (Å²) in [6.45, 7) is 4.85. The number of hydrogen-bond acceptors (Lipinski definition) is 7. The molecule has 3 heterocycles. The molecule has 7 nitrogen and oxygen atoms in total. The Morgan fingerprint density at radius 2 is 1.75 bits per heavy atom. The van der Waals surface area contributed by atoms with Crippen LogP contribution in [0.2, 0.25) is 0 Å². The molecule has 0 unspecified atom stereocenters. The number of nitrogens with zero attached hydrogens (tertiary/aromatic N) is 3. The van der Waals surface area contributed by atoms with Crippen LogP contribution in [0.5, 0.6) is 0 Å². The summed E-state index contributed by atoms with van der Waals surface area (Å²) in [5.41, 5.74) is 2.87. The van der Waals surface area contributed by atoms with Crippen molar-refractivity contribution < 1.29 is 4.79 Å². The molecule has 162 valence electrons. The predicted octanol–water partition coefficient (Wildman–Crippen LogP) is 4.80. The fraction of sp³-hybridized carbons (Fsp3) is 0.167. The van der Waals surface area contributed by atoms with Crippen molar-refractivity contribution in [2.24, 2.45) is 0 Å². The van der Waals surface area contributed by atoms with Gasteiger partial charge in [0.1, 0.15) is 23.3 Å². The second-order valence-corrected chi connectivity index (χ2v) is 8.21. The van der Waals surface area contributed by atoms with Crippen LogP contribution in [0.1, 0.15) is 21.7 Å². The zero-order valence-corrected chi connectivity index (χ0v) is 18.7. The maximum atomic E-state index is 12.4. The number of rotatable bonds is 8. The molecule has 0 spiro atoms. The van der Waals surface area contributed by atoms with Crippen LogP contribution >= 0.6 is 11.3 Å². The van der Waals surface area contributed by atoms with E-state index in [0.717, 1.165) is 16.9 Å². The third-order valence-electron chi connectivity index (χ3n) is 4.68. The van der Waals surface area contributed by atoms with Gasteiger partial charge in [-0.15, -0.1) is 11.3 Å². The van der Waals surface area contributed by atoms with Gasteiger partial charge in [0.25, 0.3) is 5.91 Å². The maximum absolute atomic E-state index is 12.4. The first-order chi connectivity index (χ1) is 15.6. The number of hydrogen-bond donors (Lipinski definition) is 3. The van der Waals surface area contributed by atoms with Gasteiger partial charge in [0.2, 0.25) is 0 Å². The van der Waals surface area contributed by atoms with E-state index in [1.807, 2.05) is 67.8 Å². The Hall–Kier alpha value is -3.78. The van der Waals surface area contributed by atoms with Gasteiger partial charge >= 0.3 is 0 Å². The molecule has 0 atom stereocenters. The number of thiophene rings is 1. The third-order valence-corrected chi connectivity index (χ3v) is 5.60. The van der Waals surface area contributed by atoms with Crippen molar-refractivity contribution >= 4 is 34.7 Å². The van der Waals surface area contributed by atoms with Gasteiger partial charge in [-0.3, -0.25) is 4.79 Å². The van der Waals surface area contributed by atoms with E-state index in [4.69, 9.17) is 0 Å². The molecule has 32 heavy (non-hydrogen) atoms. The van der Waals surface area contributed by atoms with Crippen molar-refractivity contribution in [3.05, 3.63) is 83.1 Å². The molecular weight excluding hydrogens is 420 g/mol. The number of aromatic nitrogens is 3. The lowest BCUT2D eigenvalue weighted by Crippen LogP contribution is -2.28. The summed E-state index contributed by atoms with van der Waals surface area (Å²) in [5, 5.41) is 11.4. The molecule has 0 bridgehead atoms. The maximum Gasteiger partial charge on any atom is 0.251 e. The van der Waals surface area contributed by atoms with Crippen LogP contribution in [0.15, 0.2) is 66.2 Å². The zero-order valence-electron chi connectivity index (χ0n) is 17.9. The fourth-order valence-corrected chi connectivity index (χ4v) is 3.89. The topological polar surface area (TPSA) is 91.8 Å². The lowest BCUT2D eigenvalue weighted by atomic mass is 10.1. The van der Waals surface area contributed by atoms with Gasteiger partial charge in [-0.05, 0) is 60.7 Å². The van der Waals surface area contributed by atoms with Crippen LogP contribution in [-0.2, 0) is 0 Å². The molecule has 1 amide bonds. The van der Waals surface area contributed by atoms with Gasteiger partial charge in [0.15, 0.2) is 0 Å². The highest BCUT2D eigenvalue weighted by atomic mass is 32.1. The molecule has 3 N–H and O–H groups in total. The number of benzene rings is 1. The normalized spacial score (nSPS) is 10.6. The smallest absolute Gasteiger partial charge is 0.251 e. The van der Waals surface area contributed by atoms with Crippen molar-refractivity contribution in [1.29, 1.82) is 0 Å². The van der Waals surface area contributed by atoms with Crippen LogP contribution in [0.4, 0.5) is 17.5 Å². The molecule has 0 saturated heterocycles. The highest BCUT2D eigenvalue weighted by Crippen LogP contribution is 2.24. The van der Waals surface area contributed by atoms with E-state index in [0.29, 0.717) is 36.1 Å². The average molecular weight is 445 g/mol. The van der Waals surface area contributed by atoms with E-state index in [2.05, 4.69) is 37.0 Å². The molecule has 4 rings (SSSR count). The van der Waals surface area contributed by atoms with Crippen LogP contribution < -0.4 is 16.0 Å². The molecule has 3 aromatic heterocycles. The van der Waals surface area contributed by atoms with E-state index in [-0.39, 0.29) is 5.91 Å². The molecule has 8 heteroatoms. The second kappa shape index (κ2) is 10.0. The number of aryl methyl sites for hydroxylation is 2. The van der Waals surface area contributed by atoms with Crippen LogP contribution in [0.25, 0.3) is 10.4 Å². The molecule has 0 aliphatic heterocycles. The molecule has 0 radical (unpaired) electrons. The minimum atomic E-state index is -0.101. The van der Waals surface area contributed by atoms with Gasteiger partial charge in [0.05, 0.1) is 0 Å². The summed E-state index contributed by atoms with van der Waals surface area (Å²) in [7, 11) is 0. The first-order valence-corrected chi connectivity index (χ1v) is 11.2. The summed E-state index contributed by atoms with van der Waals surface area (Å²) in [6, 6.07) is 17.4. The summed E-state index contributed by atoms with van der Waals surface area (Å²) in [5.74, 6) is 2.61. The van der Waals surface area contributed by atoms with Crippen molar-refractivity contribution in [3.8, 4) is 10.4 Å². The zero-order chi connectivity index (χ0) is 22.3. The second-order valence-electron chi connectivity index (χ2n) is 7.27. The van der Waals surface area contributed by atoms with Gasteiger partial charge in [0, 0.05) is 35.8 Å². The highest BCUT2D eigenvalue weighted by molar-refractivity contribution is 7.13. The Bertz CT molecular complexity index is 1190. The Kier molecular flexibility index (Phi) is 6.72. The Morgan fingerprint density at radius 1 is 0.938 bits per heavy atom. The summed E-state index contributed by atoms with van der Waals surface area (Å²) >= 11 is 1.68. The van der Waals surface area contributed by atoms with Crippen molar-refractivity contribution in [3.63, 3.8) is 0 Å². The lowest BCUT2D eigenvalue weighted by molar-refractivity contribution is 0.0955. The quantitative estimate of drug-likeness (QED) is 0.338. The van der Waals surface area contributed by atoms with Crippen LogP contribution in [0.3, 0.4) is 0 Å². The summed E-state index contributed by atoms with van der Waals surface area (Å²) < 4.78 is 0. The van der Waals surface area contributed by atoms with Crippen molar-refractivity contribution in [2.75, 3.05) is 23.7 Å². The van der Waals surface area contributed by atoms with Crippen molar-refractivity contribution in [2.45, 2.75) is 13.8 Å².